The Morgan fingerprint density at radius 3 is 2.41 bits per heavy atom. The zero-order valence-corrected chi connectivity index (χ0v) is 13.0. The molecule has 0 atom stereocenters. The second-order valence-corrected chi connectivity index (χ2v) is 5.91. The Bertz CT molecular complexity index is 757. The number of aromatic nitrogens is 2. The van der Waals surface area contributed by atoms with Crippen molar-refractivity contribution in [2.45, 2.75) is 16.8 Å². The third-order valence-electron chi connectivity index (χ3n) is 3.12. The van der Waals surface area contributed by atoms with Crippen molar-refractivity contribution in [1.29, 1.82) is 0 Å². The van der Waals surface area contributed by atoms with Crippen LogP contribution in [0.4, 0.5) is 17.2 Å². The molecule has 1 aromatic heterocycles. The number of aryl methyl sites for hydroxylation is 1. The van der Waals surface area contributed by atoms with E-state index in [4.69, 9.17) is 5.73 Å². The maximum Gasteiger partial charge on any atom is 0.158 e. The third kappa shape index (κ3) is 3.38. The highest BCUT2D eigenvalue weighted by molar-refractivity contribution is 7.99. The first-order valence-electron chi connectivity index (χ1n) is 6.89. The number of nitrogen functional groups attached to an aromatic ring is 1. The lowest BCUT2D eigenvalue weighted by Gasteiger charge is -2.10. The summed E-state index contributed by atoms with van der Waals surface area (Å²) in [6, 6.07) is 18.1. The normalized spacial score (nSPS) is 10.4. The minimum atomic E-state index is 0.553. The van der Waals surface area contributed by atoms with Crippen LogP contribution in [0.15, 0.2) is 70.8 Å². The highest BCUT2D eigenvalue weighted by Gasteiger charge is 2.09. The van der Waals surface area contributed by atoms with Crippen LogP contribution in [0, 0.1) is 6.92 Å². The van der Waals surface area contributed by atoms with Crippen molar-refractivity contribution in [2.75, 3.05) is 11.1 Å². The van der Waals surface area contributed by atoms with Gasteiger partial charge in [-0.2, -0.15) is 0 Å². The Labute approximate surface area is 133 Å². The van der Waals surface area contributed by atoms with Gasteiger partial charge in [-0.3, -0.25) is 0 Å². The van der Waals surface area contributed by atoms with E-state index in [1.807, 2.05) is 30.3 Å². The molecule has 0 aliphatic rings. The third-order valence-corrected chi connectivity index (χ3v) is 4.15. The average Bonchev–Trinajstić information content (AvgIpc) is 2.54. The number of nitrogens with zero attached hydrogens (tertiary/aromatic N) is 2. The van der Waals surface area contributed by atoms with Gasteiger partial charge in [-0.15, -0.1) is 0 Å². The Morgan fingerprint density at radius 2 is 1.68 bits per heavy atom. The molecule has 3 N–H and O–H groups in total. The molecule has 0 saturated heterocycles. The molecule has 4 nitrogen and oxygen atoms in total. The molecule has 0 aliphatic carbocycles. The van der Waals surface area contributed by atoms with Crippen molar-refractivity contribution in [3.8, 4) is 0 Å². The fourth-order valence-corrected chi connectivity index (χ4v) is 2.74. The summed E-state index contributed by atoms with van der Waals surface area (Å²) in [5.74, 6) is 0.621. The van der Waals surface area contributed by atoms with Gasteiger partial charge in [0.25, 0.3) is 0 Å². The van der Waals surface area contributed by atoms with Gasteiger partial charge >= 0.3 is 0 Å². The van der Waals surface area contributed by atoms with E-state index >= 15 is 0 Å². The fraction of sp³-hybridized carbons (Fsp3) is 0.0588. The van der Waals surface area contributed by atoms with Crippen LogP contribution in [-0.2, 0) is 0 Å². The molecule has 3 aromatic rings. The van der Waals surface area contributed by atoms with Crippen LogP contribution >= 0.6 is 11.8 Å². The average molecular weight is 308 g/mol. The summed E-state index contributed by atoms with van der Waals surface area (Å²) in [7, 11) is 0. The topological polar surface area (TPSA) is 63.8 Å². The van der Waals surface area contributed by atoms with E-state index in [9.17, 15) is 0 Å². The van der Waals surface area contributed by atoms with E-state index in [1.165, 1.54) is 23.7 Å². The van der Waals surface area contributed by atoms with Gasteiger partial charge in [0.2, 0.25) is 0 Å². The lowest BCUT2D eigenvalue weighted by atomic mass is 10.2. The van der Waals surface area contributed by atoms with E-state index < -0.39 is 0 Å². The Morgan fingerprint density at radius 1 is 0.955 bits per heavy atom. The van der Waals surface area contributed by atoms with Crippen LogP contribution in [0.5, 0.6) is 0 Å². The van der Waals surface area contributed by atoms with Gasteiger partial charge in [-0.1, -0.05) is 47.7 Å². The van der Waals surface area contributed by atoms with Crippen molar-refractivity contribution < 1.29 is 0 Å². The summed E-state index contributed by atoms with van der Waals surface area (Å²) >= 11 is 1.53. The van der Waals surface area contributed by atoms with Gasteiger partial charge in [0.1, 0.15) is 17.0 Å². The molecule has 110 valence electrons. The van der Waals surface area contributed by atoms with Gasteiger partial charge in [0.05, 0.1) is 0 Å². The summed E-state index contributed by atoms with van der Waals surface area (Å²) in [4.78, 5) is 9.61. The first-order valence-corrected chi connectivity index (χ1v) is 7.71. The summed E-state index contributed by atoms with van der Waals surface area (Å²) in [6.07, 6.45) is 1.53. The molecule has 0 radical (unpaired) electrons. The van der Waals surface area contributed by atoms with Crippen LogP contribution in [0.3, 0.4) is 0 Å². The lowest BCUT2D eigenvalue weighted by Crippen LogP contribution is -2.02. The number of hydrogen-bond acceptors (Lipinski definition) is 5. The number of rotatable bonds is 4. The van der Waals surface area contributed by atoms with Crippen molar-refractivity contribution in [2.24, 2.45) is 0 Å². The molecule has 3 rings (SSSR count). The summed E-state index contributed by atoms with van der Waals surface area (Å²) in [5.41, 5.74) is 8.93. The van der Waals surface area contributed by atoms with E-state index in [-0.39, 0.29) is 0 Å². The van der Waals surface area contributed by atoms with E-state index in [0.29, 0.717) is 11.5 Å². The molecule has 22 heavy (non-hydrogen) atoms. The summed E-state index contributed by atoms with van der Waals surface area (Å²) < 4.78 is 0. The molecule has 5 heteroatoms. The van der Waals surface area contributed by atoms with Crippen LogP contribution in [-0.4, -0.2) is 9.97 Å². The van der Waals surface area contributed by atoms with Crippen molar-refractivity contribution in [1.82, 2.24) is 9.97 Å². The SMILES string of the molecule is Cc1ccc(Sc2ncnc(Nc3ccccc3)c2N)cc1. The molecular weight excluding hydrogens is 292 g/mol. The molecular formula is C17H16N4S. The number of anilines is 3. The van der Waals surface area contributed by atoms with E-state index in [1.54, 1.807) is 0 Å². The van der Waals surface area contributed by atoms with Crippen molar-refractivity contribution in [3.05, 3.63) is 66.5 Å². The van der Waals surface area contributed by atoms with Gasteiger partial charge in [-0.25, -0.2) is 9.97 Å². The maximum atomic E-state index is 6.20. The number of nitrogens with two attached hydrogens (primary N) is 1. The molecule has 2 aromatic carbocycles. The lowest BCUT2D eigenvalue weighted by molar-refractivity contribution is 1.06. The Balaban J connectivity index is 1.84. The predicted molar refractivity (Wildman–Crippen MR) is 91.5 cm³/mol. The molecule has 0 fully saturated rings. The molecule has 0 amide bonds. The molecule has 0 unspecified atom stereocenters. The first kappa shape index (κ1) is 14.4. The van der Waals surface area contributed by atoms with Crippen LogP contribution in [0.1, 0.15) is 5.56 Å². The standard InChI is InChI=1S/C17H16N4S/c1-12-7-9-14(10-8-12)22-17-15(18)16(19-11-20-17)21-13-5-3-2-4-6-13/h2-11H,18H2,1H3,(H,19,20,21). The van der Waals surface area contributed by atoms with Gasteiger partial charge in [0, 0.05) is 10.6 Å². The van der Waals surface area contributed by atoms with Gasteiger partial charge in [-0.05, 0) is 31.2 Å². The van der Waals surface area contributed by atoms with Crippen LogP contribution in [0.2, 0.25) is 0 Å². The summed E-state index contributed by atoms with van der Waals surface area (Å²) in [6.45, 7) is 2.06. The zero-order valence-electron chi connectivity index (χ0n) is 12.2. The monoisotopic (exact) mass is 308 g/mol. The smallest absolute Gasteiger partial charge is 0.158 e. The molecule has 0 bridgehead atoms. The number of benzene rings is 2. The van der Waals surface area contributed by atoms with Gasteiger partial charge in [0.15, 0.2) is 5.82 Å². The van der Waals surface area contributed by atoms with E-state index in [2.05, 4.69) is 46.5 Å². The Hall–Kier alpha value is -2.53. The minimum Gasteiger partial charge on any atom is -0.394 e. The van der Waals surface area contributed by atoms with Crippen LogP contribution in [0.25, 0.3) is 0 Å². The van der Waals surface area contributed by atoms with Crippen LogP contribution < -0.4 is 11.1 Å². The Kier molecular flexibility index (Phi) is 4.25. The largest absolute Gasteiger partial charge is 0.394 e. The molecule has 1 heterocycles. The van der Waals surface area contributed by atoms with E-state index in [0.717, 1.165) is 15.6 Å². The maximum absolute atomic E-state index is 6.20. The van der Waals surface area contributed by atoms with Crippen molar-refractivity contribution in [3.63, 3.8) is 0 Å². The quantitative estimate of drug-likeness (QED) is 0.705. The second-order valence-electron chi connectivity index (χ2n) is 4.85. The number of nitrogens with one attached hydrogen (secondary N) is 1. The second kappa shape index (κ2) is 6.49. The highest BCUT2D eigenvalue weighted by atomic mass is 32.2. The highest BCUT2D eigenvalue weighted by Crippen LogP contribution is 2.33. The van der Waals surface area contributed by atoms with Crippen molar-refractivity contribution >= 4 is 29.0 Å². The minimum absolute atomic E-state index is 0.553. The number of para-hydroxylation sites is 1. The zero-order chi connectivity index (χ0) is 15.4. The molecule has 0 spiro atoms. The first-order chi connectivity index (χ1) is 10.7. The summed E-state index contributed by atoms with van der Waals surface area (Å²) in [5, 5.41) is 3.97. The predicted octanol–water partition coefficient (Wildman–Crippen LogP) is 4.26. The van der Waals surface area contributed by atoms with Gasteiger partial charge < -0.3 is 11.1 Å². The fourth-order valence-electron chi connectivity index (χ4n) is 1.94. The molecule has 0 aliphatic heterocycles. The molecule has 0 saturated carbocycles. The number of hydrogen-bond donors (Lipinski definition) is 2.